The van der Waals surface area contributed by atoms with E-state index in [4.69, 9.17) is 0 Å². The lowest BCUT2D eigenvalue weighted by atomic mass is 10.2. The molecule has 0 atom stereocenters. The van der Waals surface area contributed by atoms with Gasteiger partial charge in [0, 0.05) is 37.4 Å². The largest absolute Gasteiger partial charge is 0.351 e. The first-order valence-electron chi connectivity index (χ1n) is 7.90. The second kappa shape index (κ2) is 7.22. The van der Waals surface area contributed by atoms with Gasteiger partial charge in [-0.3, -0.25) is 4.79 Å². The summed E-state index contributed by atoms with van der Waals surface area (Å²) in [5.41, 5.74) is 0. The molecule has 1 saturated heterocycles. The number of hydrogen-bond acceptors (Lipinski definition) is 4. The highest BCUT2D eigenvalue weighted by atomic mass is 32.1. The van der Waals surface area contributed by atoms with Gasteiger partial charge >= 0.3 is 0 Å². The number of likely N-dealkylation sites (N-methyl/N-ethyl adjacent to an activating group) is 1. The van der Waals surface area contributed by atoms with Gasteiger partial charge in [-0.05, 0) is 37.5 Å². The number of nitrogens with one attached hydrogen (secondary N) is 1. The Morgan fingerprint density at radius 1 is 1.23 bits per heavy atom. The smallest absolute Gasteiger partial charge is 0.261 e. The highest BCUT2D eigenvalue weighted by Crippen LogP contribution is 2.24. The summed E-state index contributed by atoms with van der Waals surface area (Å²) in [5, 5.41) is 4.19. The summed E-state index contributed by atoms with van der Waals surface area (Å²) in [6.45, 7) is 6.39. The van der Waals surface area contributed by atoms with Crippen LogP contribution in [0, 0.1) is 0 Å². The predicted octanol–water partition coefficient (Wildman–Crippen LogP) is 2.27. The van der Waals surface area contributed by atoms with Gasteiger partial charge in [0.1, 0.15) is 0 Å². The first-order valence-corrected chi connectivity index (χ1v) is 8.72. The van der Waals surface area contributed by atoms with E-state index in [0.29, 0.717) is 0 Å². The van der Waals surface area contributed by atoms with E-state index in [2.05, 4.69) is 34.3 Å². The van der Waals surface area contributed by atoms with Gasteiger partial charge in [0.25, 0.3) is 5.91 Å². The minimum absolute atomic E-state index is 0.0552. The molecule has 118 valence electrons. The normalized spacial score (nSPS) is 17.0. The molecule has 1 fully saturated rings. The Bertz CT molecular complexity index is 599. The van der Waals surface area contributed by atoms with E-state index < -0.39 is 0 Å². The summed E-state index contributed by atoms with van der Waals surface area (Å²) in [5.74, 6) is 0.0552. The first kappa shape index (κ1) is 15.5. The fourth-order valence-electron chi connectivity index (χ4n) is 2.76. The number of fused-ring (bicyclic) bond motifs is 1. The monoisotopic (exact) mass is 317 g/mol. The van der Waals surface area contributed by atoms with Crippen LogP contribution in [0.2, 0.25) is 0 Å². The van der Waals surface area contributed by atoms with Crippen molar-refractivity contribution in [2.24, 2.45) is 0 Å². The van der Waals surface area contributed by atoms with Crippen molar-refractivity contribution in [3.8, 4) is 0 Å². The third-order valence-electron chi connectivity index (χ3n) is 4.18. The fraction of sp³-hybridized carbons (Fsp3) is 0.471. The lowest BCUT2D eigenvalue weighted by Crippen LogP contribution is -2.45. The summed E-state index contributed by atoms with van der Waals surface area (Å²) in [4.78, 5) is 17.8. The molecule has 0 spiro atoms. The van der Waals surface area contributed by atoms with Gasteiger partial charge in [0.2, 0.25) is 0 Å². The third-order valence-corrected chi connectivity index (χ3v) is 5.30. The molecule has 1 aliphatic rings. The molecular weight excluding hydrogens is 294 g/mol. The van der Waals surface area contributed by atoms with Gasteiger partial charge in [-0.15, -0.1) is 11.3 Å². The molecule has 22 heavy (non-hydrogen) atoms. The minimum Gasteiger partial charge on any atom is -0.351 e. The number of carbonyl (C=O) groups is 1. The van der Waals surface area contributed by atoms with E-state index in [9.17, 15) is 4.79 Å². The zero-order valence-electron chi connectivity index (χ0n) is 13.0. The van der Waals surface area contributed by atoms with Crippen LogP contribution in [0.3, 0.4) is 0 Å². The van der Waals surface area contributed by atoms with Crippen molar-refractivity contribution in [1.29, 1.82) is 0 Å². The van der Waals surface area contributed by atoms with Crippen LogP contribution < -0.4 is 5.32 Å². The Labute approximate surface area is 135 Å². The number of thiophene rings is 1. The molecule has 0 bridgehead atoms. The Balaban J connectivity index is 1.42. The molecule has 2 aromatic rings. The zero-order chi connectivity index (χ0) is 15.4. The molecule has 2 heterocycles. The van der Waals surface area contributed by atoms with Crippen LogP contribution in [0.25, 0.3) is 10.1 Å². The standard InChI is InChI=1S/C17H23N3OS/c1-19-9-11-20(12-10-19)8-4-7-18-17(21)16-13-14-5-2-3-6-15(14)22-16/h2-3,5-6,13H,4,7-12H2,1H3,(H,18,21). The predicted molar refractivity (Wildman–Crippen MR) is 92.7 cm³/mol. The number of hydrogen-bond donors (Lipinski definition) is 1. The molecule has 1 amide bonds. The molecule has 1 aromatic carbocycles. The lowest BCUT2D eigenvalue weighted by Gasteiger charge is -2.32. The van der Waals surface area contributed by atoms with Crippen LogP contribution in [0.4, 0.5) is 0 Å². The van der Waals surface area contributed by atoms with Crippen molar-refractivity contribution in [2.75, 3.05) is 46.3 Å². The van der Waals surface area contributed by atoms with E-state index in [1.54, 1.807) is 11.3 Å². The lowest BCUT2D eigenvalue weighted by molar-refractivity contribution is 0.0953. The summed E-state index contributed by atoms with van der Waals surface area (Å²) in [6.07, 6.45) is 1.01. The summed E-state index contributed by atoms with van der Waals surface area (Å²) < 4.78 is 1.17. The Kier molecular flexibility index (Phi) is 5.08. The van der Waals surface area contributed by atoms with Gasteiger partial charge in [-0.25, -0.2) is 0 Å². The second-order valence-corrected chi connectivity index (χ2v) is 6.99. The van der Waals surface area contributed by atoms with Crippen molar-refractivity contribution in [1.82, 2.24) is 15.1 Å². The molecule has 0 radical (unpaired) electrons. The number of piperazine rings is 1. The maximum Gasteiger partial charge on any atom is 0.261 e. The SMILES string of the molecule is CN1CCN(CCCNC(=O)c2cc3ccccc3s2)CC1. The Morgan fingerprint density at radius 2 is 2.00 bits per heavy atom. The van der Waals surface area contributed by atoms with Crippen LogP contribution in [0.5, 0.6) is 0 Å². The van der Waals surface area contributed by atoms with Crippen LogP contribution in [0.1, 0.15) is 16.1 Å². The molecule has 4 nitrogen and oxygen atoms in total. The molecule has 0 unspecified atom stereocenters. The van der Waals surface area contributed by atoms with Gasteiger partial charge in [0.05, 0.1) is 4.88 Å². The van der Waals surface area contributed by atoms with Gasteiger partial charge in [0.15, 0.2) is 0 Å². The maximum absolute atomic E-state index is 12.2. The number of rotatable bonds is 5. The second-order valence-electron chi connectivity index (χ2n) is 5.90. The number of amides is 1. The molecule has 1 aromatic heterocycles. The highest BCUT2D eigenvalue weighted by Gasteiger charge is 2.13. The number of nitrogens with zero attached hydrogens (tertiary/aromatic N) is 2. The van der Waals surface area contributed by atoms with Gasteiger partial charge in [-0.1, -0.05) is 18.2 Å². The van der Waals surface area contributed by atoms with Crippen LogP contribution >= 0.6 is 11.3 Å². The topological polar surface area (TPSA) is 35.6 Å². The van der Waals surface area contributed by atoms with Crippen LogP contribution in [-0.4, -0.2) is 62.0 Å². The van der Waals surface area contributed by atoms with Gasteiger partial charge in [-0.2, -0.15) is 0 Å². The Morgan fingerprint density at radius 3 is 2.77 bits per heavy atom. The van der Waals surface area contributed by atoms with Crippen molar-refractivity contribution in [2.45, 2.75) is 6.42 Å². The van der Waals surface area contributed by atoms with E-state index in [1.165, 1.54) is 4.70 Å². The summed E-state index contributed by atoms with van der Waals surface area (Å²) in [6, 6.07) is 10.1. The van der Waals surface area contributed by atoms with Crippen molar-refractivity contribution in [3.63, 3.8) is 0 Å². The van der Waals surface area contributed by atoms with E-state index >= 15 is 0 Å². The molecule has 3 rings (SSSR count). The summed E-state index contributed by atoms with van der Waals surface area (Å²) in [7, 11) is 2.17. The van der Waals surface area contributed by atoms with Crippen molar-refractivity contribution < 1.29 is 4.79 Å². The first-order chi connectivity index (χ1) is 10.7. The number of benzene rings is 1. The molecule has 1 aliphatic heterocycles. The average molecular weight is 317 g/mol. The van der Waals surface area contributed by atoms with E-state index in [-0.39, 0.29) is 5.91 Å². The fourth-order valence-corrected chi connectivity index (χ4v) is 3.74. The van der Waals surface area contributed by atoms with Crippen molar-refractivity contribution in [3.05, 3.63) is 35.2 Å². The molecule has 1 N–H and O–H groups in total. The minimum atomic E-state index is 0.0552. The molecule has 0 saturated carbocycles. The van der Waals surface area contributed by atoms with E-state index in [1.807, 2.05) is 18.2 Å². The van der Waals surface area contributed by atoms with Gasteiger partial charge < -0.3 is 15.1 Å². The summed E-state index contributed by atoms with van der Waals surface area (Å²) >= 11 is 1.56. The molecule has 5 heteroatoms. The average Bonchev–Trinajstić information content (AvgIpc) is 2.97. The third kappa shape index (κ3) is 3.85. The Hall–Kier alpha value is -1.43. The maximum atomic E-state index is 12.2. The van der Waals surface area contributed by atoms with Crippen molar-refractivity contribution >= 4 is 27.3 Å². The number of carbonyl (C=O) groups excluding carboxylic acids is 1. The van der Waals surface area contributed by atoms with E-state index in [0.717, 1.165) is 56.0 Å². The zero-order valence-corrected chi connectivity index (χ0v) is 13.9. The molecular formula is C17H23N3OS. The quantitative estimate of drug-likeness (QED) is 0.859. The molecule has 0 aliphatic carbocycles. The highest BCUT2D eigenvalue weighted by molar-refractivity contribution is 7.20. The van der Waals surface area contributed by atoms with Crippen LogP contribution in [-0.2, 0) is 0 Å². The van der Waals surface area contributed by atoms with Crippen LogP contribution in [0.15, 0.2) is 30.3 Å².